The molecule has 1 aliphatic heterocycles. The van der Waals surface area contributed by atoms with Gasteiger partial charge in [-0.15, -0.1) is 0 Å². The first-order valence-corrected chi connectivity index (χ1v) is 7.08. The van der Waals surface area contributed by atoms with Crippen LogP contribution in [0.1, 0.15) is 47.5 Å². The normalized spacial score (nSPS) is 20.3. The lowest BCUT2D eigenvalue weighted by Gasteiger charge is -2.41. The Hall–Kier alpha value is -0.610. The smallest absolute Gasteiger partial charge is 0.239 e. The largest absolute Gasteiger partial charge is 0.341 e. The minimum absolute atomic E-state index is 0.0238. The van der Waals surface area contributed by atoms with Gasteiger partial charge in [-0.05, 0) is 47.1 Å². The Morgan fingerprint density at radius 3 is 2.28 bits per heavy atom. The fraction of sp³-hybridized carbons (Fsp3) is 0.929. The maximum Gasteiger partial charge on any atom is 0.239 e. The van der Waals surface area contributed by atoms with Gasteiger partial charge in [0.1, 0.15) is 0 Å². The first-order valence-electron chi connectivity index (χ1n) is 7.08. The zero-order valence-electron chi connectivity index (χ0n) is 12.6. The summed E-state index contributed by atoms with van der Waals surface area (Å²) < 4.78 is 0. The number of carbonyl (C=O) groups is 1. The summed E-state index contributed by atoms with van der Waals surface area (Å²) in [4.78, 5) is 16.7. The summed E-state index contributed by atoms with van der Waals surface area (Å²) in [5.41, 5.74) is 5.90. The van der Waals surface area contributed by atoms with Gasteiger partial charge in [0.15, 0.2) is 0 Å². The Bertz CT molecular complexity index is 277. The molecule has 0 aromatic carbocycles. The molecule has 0 aromatic heterocycles. The molecule has 1 aliphatic rings. The minimum Gasteiger partial charge on any atom is -0.341 e. The number of rotatable bonds is 3. The van der Waals surface area contributed by atoms with Gasteiger partial charge < -0.3 is 10.6 Å². The van der Waals surface area contributed by atoms with Gasteiger partial charge in [-0.2, -0.15) is 0 Å². The van der Waals surface area contributed by atoms with Crippen molar-refractivity contribution in [3.05, 3.63) is 0 Å². The summed E-state index contributed by atoms with van der Waals surface area (Å²) in [6, 6.07) is 0.221. The molecule has 106 valence electrons. The molecular weight excluding hydrogens is 226 g/mol. The lowest BCUT2D eigenvalue weighted by molar-refractivity contribution is -0.139. The van der Waals surface area contributed by atoms with Crippen LogP contribution in [-0.2, 0) is 4.79 Å². The van der Waals surface area contributed by atoms with Crippen molar-refractivity contribution in [2.24, 2.45) is 5.73 Å². The lowest BCUT2D eigenvalue weighted by Crippen LogP contribution is -2.55. The zero-order valence-corrected chi connectivity index (χ0v) is 12.6. The van der Waals surface area contributed by atoms with Gasteiger partial charge in [0.25, 0.3) is 0 Å². The van der Waals surface area contributed by atoms with Gasteiger partial charge in [-0.25, -0.2) is 0 Å². The van der Waals surface area contributed by atoms with Crippen LogP contribution in [0.15, 0.2) is 0 Å². The van der Waals surface area contributed by atoms with Crippen molar-refractivity contribution < 1.29 is 4.79 Å². The molecular formula is C14H29N3O. The van der Waals surface area contributed by atoms with Crippen LogP contribution < -0.4 is 5.73 Å². The molecule has 1 fully saturated rings. The van der Waals surface area contributed by atoms with E-state index in [0.717, 1.165) is 32.5 Å². The second kappa shape index (κ2) is 6.02. The Morgan fingerprint density at radius 1 is 1.39 bits per heavy atom. The standard InChI is InChI=1S/C14H29N3O/c1-6-17(14(3,4)5)11(2)13(18)16-9-7-12(15)8-10-16/h11-12H,6-10,15H2,1-5H3. The predicted octanol–water partition coefficient (Wildman–Crippen LogP) is 1.45. The highest BCUT2D eigenvalue weighted by atomic mass is 16.2. The Balaban J connectivity index is 2.65. The van der Waals surface area contributed by atoms with Crippen LogP contribution in [0, 0.1) is 0 Å². The zero-order chi connectivity index (χ0) is 13.9. The molecule has 0 bridgehead atoms. The summed E-state index contributed by atoms with van der Waals surface area (Å²) in [6.07, 6.45) is 1.86. The molecule has 1 saturated heterocycles. The minimum atomic E-state index is -0.0516. The average Bonchev–Trinajstić information content (AvgIpc) is 2.28. The molecule has 0 radical (unpaired) electrons. The van der Waals surface area contributed by atoms with Crippen LogP contribution in [0.5, 0.6) is 0 Å². The van der Waals surface area contributed by atoms with Crippen LogP contribution in [-0.4, -0.2) is 53.0 Å². The summed E-state index contributed by atoms with van der Waals surface area (Å²) in [5, 5.41) is 0. The van der Waals surface area contributed by atoms with E-state index in [1.807, 2.05) is 11.8 Å². The van der Waals surface area contributed by atoms with E-state index in [-0.39, 0.29) is 23.5 Å². The summed E-state index contributed by atoms with van der Waals surface area (Å²) in [5.74, 6) is 0.249. The second-order valence-corrected chi connectivity index (χ2v) is 6.30. The molecule has 1 atom stereocenters. The van der Waals surface area contributed by atoms with E-state index in [9.17, 15) is 4.79 Å². The van der Waals surface area contributed by atoms with Crippen LogP contribution in [0.25, 0.3) is 0 Å². The molecule has 18 heavy (non-hydrogen) atoms. The van der Waals surface area contributed by atoms with E-state index >= 15 is 0 Å². The molecule has 1 rings (SSSR count). The number of hydrogen-bond acceptors (Lipinski definition) is 3. The van der Waals surface area contributed by atoms with Crippen molar-refractivity contribution in [1.82, 2.24) is 9.80 Å². The van der Waals surface area contributed by atoms with Gasteiger partial charge in [0.2, 0.25) is 5.91 Å². The number of piperidine rings is 1. The van der Waals surface area contributed by atoms with E-state index in [1.54, 1.807) is 0 Å². The van der Waals surface area contributed by atoms with Gasteiger partial charge in [-0.3, -0.25) is 9.69 Å². The quantitative estimate of drug-likeness (QED) is 0.830. The topological polar surface area (TPSA) is 49.6 Å². The molecule has 4 heteroatoms. The van der Waals surface area contributed by atoms with E-state index in [4.69, 9.17) is 5.73 Å². The molecule has 1 amide bonds. The Kier molecular flexibility index (Phi) is 5.17. The number of hydrogen-bond donors (Lipinski definition) is 1. The van der Waals surface area contributed by atoms with Crippen LogP contribution in [0.3, 0.4) is 0 Å². The summed E-state index contributed by atoms with van der Waals surface area (Å²) in [7, 11) is 0. The fourth-order valence-electron chi connectivity index (χ4n) is 2.85. The number of likely N-dealkylation sites (N-methyl/N-ethyl adjacent to an activating group) is 1. The number of nitrogens with zero attached hydrogens (tertiary/aromatic N) is 2. The van der Waals surface area contributed by atoms with E-state index < -0.39 is 0 Å². The van der Waals surface area contributed by atoms with Crippen molar-refractivity contribution >= 4 is 5.91 Å². The Morgan fingerprint density at radius 2 is 1.89 bits per heavy atom. The molecule has 0 aromatic rings. The van der Waals surface area contributed by atoms with Crippen LogP contribution in [0.2, 0.25) is 0 Å². The van der Waals surface area contributed by atoms with Crippen molar-refractivity contribution in [2.45, 2.75) is 65.1 Å². The van der Waals surface area contributed by atoms with Crippen LogP contribution >= 0.6 is 0 Å². The van der Waals surface area contributed by atoms with Crippen LogP contribution in [0.4, 0.5) is 0 Å². The molecule has 0 aliphatic carbocycles. The SMILES string of the molecule is CCN(C(C)C(=O)N1CCC(N)CC1)C(C)(C)C. The molecule has 0 spiro atoms. The first-order chi connectivity index (χ1) is 8.27. The van der Waals surface area contributed by atoms with Gasteiger partial charge >= 0.3 is 0 Å². The molecule has 4 nitrogen and oxygen atoms in total. The highest BCUT2D eigenvalue weighted by molar-refractivity contribution is 5.81. The molecule has 0 saturated carbocycles. The van der Waals surface area contributed by atoms with Crippen molar-refractivity contribution in [2.75, 3.05) is 19.6 Å². The van der Waals surface area contributed by atoms with Crippen molar-refractivity contribution in [1.29, 1.82) is 0 Å². The van der Waals surface area contributed by atoms with E-state index in [1.165, 1.54) is 0 Å². The molecule has 1 heterocycles. The monoisotopic (exact) mass is 255 g/mol. The lowest BCUT2D eigenvalue weighted by atomic mass is 10.0. The summed E-state index contributed by atoms with van der Waals surface area (Å²) in [6.45, 7) is 13.1. The first kappa shape index (κ1) is 15.4. The maximum absolute atomic E-state index is 12.5. The number of carbonyl (C=O) groups excluding carboxylic acids is 1. The second-order valence-electron chi connectivity index (χ2n) is 6.30. The third-order valence-corrected chi connectivity index (χ3v) is 3.88. The van der Waals surface area contributed by atoms with Crippen molar-refractivity contribution in [3.63, 3.8) is 0 Å². The Labute approximate surface area is 111 Å². The number of likely N-dealkylation sites (tertiary alicyclic amines) is 1. The predicted molar refractivity (Wildman–Crippen MR) is 75.4 cm³/mol. The number of nitrogens with two attached hydrogens (primary N) is 1. The number of amides is 1. The van der Waals surface area contributed by atoms with E-state index in [2.05, 4.69) is 32.6 Å². The average molecular weight is 255 g/mol. The molecule has 2 N–H and O–H groups in total. The highest BCUT2D eigenvalue weighted by Gasteiger charge is 2.32. The van der Waals surface area contributed by atoms with Crippen molar-refractivity contribution in [3.8, 4) is 0 Å². The van der Waals surface area contributed by atoms with Gasteiger partial charge in [0, 0.05) is 24.7 Å². The highest BCUT2D eigenvalue weighted by Crippen LogP contribution is 2.19. The van der Waals surface area contributed by atoms with Gasteiger partial charge in [0.05, 0.1) is 6.04 Å². The molecule has 1 unspecified atom stereocenters. The summed E-state index contributed by atoms with van der Waals surface area (Å²) >= 11 is 0. The third kappa shape index (κ3) is 3.69. The van der Waals surface area contributed by atoms with E-state index in [0.29, 0.717) is 0 Å². The van der Waals surface area contributed by atoms with Gasteiger partial charge in [-0.1, -0.05) is 6.92 Å². The fourth-order valence-corrected chi connectivity index (χ4v) is 2.85. The third-order valence-electron chi connectivity index (χ3n) is 3.88. The maximum atomic E-state index is 12.5.